The van der Waals surface area contributed by atoms with Crippen LogP contribution in [0.15, 0.2) is 29.2 Å². The third-order valence-electron chi connectivity index (χ3n) is 3.28. The van der Waals surface area contributed by atoms with Gasteiger partial charge in [-0.1, -0.05) is 37.5 Å². The van der Waals surface area contributed by atoms with E-state index in [2.05, 4.69) is 0 Å². The highest BCUT2D eigenvalue weighted by Crippen LogP contribution is 2.19. The first kappa shape index (κ1) is 15.9. The van der Waals surface area contributed by atoms with Gasteiger partial charge >= 0.3 is 0 Å². The van der Waals surface area contributed by atoms with Gasteiger partial charge in [-0.3, -0.25) is 4.79 Å². The minimum Gasteiger partial charge on any atom is -0.300 e. The maximum Gasteiger partial charge on any atom is 0.179 e. The van der Waals surface area contributed by atoms with Crippen molar-refractivity contribution in [3.8, 4) is 0 Å². The molecule has 0 aliphatic rings. The van der Waals surface area contributed by atoms with E-state index in [9.17, 15) is 13.2 Å². The zero-order chi connectivity index (χ0) is 14.5. The number of unbranched alkanes of at least 4 members (excludes halogenated alkanes) is 1. The van der Waals surface area contributed by atoms with Crippen molar-refractivity contribution in [2.45, 2.75) is 44.9 Å². The molecule has 0 saturated heterocycles. The van der Waals surface area contributed by atoms with Crippen molar-refractivity contribution < 1.29 is 13.2 Å². The molecule has 1 aromatic carbocycles. The van der Waals surface area contributed by atoms with Gasteiger partial charge in [0, 0.05) is 5.92 Å². The molecule has 0 aromatic heterocycles. The van der Waals surface area contributed by atoms with E-state index in [1.54, 1.807) is 24.3 Å². The first-order valence-electron chi connectivity index (χ1n) is 6.66. The lowest BCUT2D eigenvalue weighted by atomic mass is 10.0. The van der Waals surface area contributed by atoms with Crippen molar-refractivity contribution in [2.75, 3.05) is 5.75 Å². The van der Waals surface area contributed by atoms with Crippen LogP contribution in [0.4, 0.5) is 0 Å². The standard InChI is InChI=1S/C15H22O3S/c1-4-5-6-14(13(3)16)11-19(17,18)15-9-7-12(2)8-10-15/h7-10,14H,4-6,11H2,1-3H3. The molecule has 4 heteroatoms. The van der Waals surface area contributed by atoms with E-state index in [-0.39, 0.29) is 17.5 Å². The normalized spacial score (nSPS) is 13.2. The number of aryl methyl sites for hydroxylation is 1. The summed E-state index contributed by atoms with van der Waals surface area (Å²) in [5.41, 5.74) is 1.02. The molecule has 0 N–H and O–H groups in total. The molecule has 0 spiro atoms. The first-order valence-corrected chi connectivity index (χ1v) is 8.32. The summed E-state index contributed by atoms with van der Waals surface area (Å²) in [4.78, 5) is 11.9. The Kier molecular flexibility index (Phi) is 5.73. The number of hydrogen-bond donors (Lipinski definition) is 0. The Morgan fingerprint density at radius 2 is 1.79 bits per heavy atom. The molecule has 1 atom stereocenters. The van der Waals surface area contributed by atoms with Crippen molar-refractivity contribution in [3.63, 3.8) is 0 Å². The van der Waals surface area contributed by atoms with Gasteiger partial charge in [0.25, 0.3) is 0 Å². The zero-order valence-electron chi connectivity index (χ0n) is 11.8. The van der Waals surface area contributed by atoms with Crippen LogP contribution in [0, 0.1) is 12.8 Å². The van der Waals surface area contributed by atoms with Crippen molar-refractivity contribution in [1.29, 1.82) is 0 Å². The molecule has 1 unspecified atom stereocenters. The molecule has 0 heterocycles. The summed E-state index contributed by atoms with van der Waals surface area (Å²) < 4.78 is 24.5. The fourth-order valence-electron chi connectivity index (χ4n) is 1.96. The second-order valence-electron chi connectivity index (χ2n) is 5.04. The second-order valence-corrected chi connectivity index (χ2v) is 7.08. The van der Waals surface area contributed by atoms with Gasteiger partial charge in [0.2, 0.25) is 0 Å². The van der Waals surface area contributed by atoms with Gasteiger partial charge in [0.15, 0.2) is 9.84 Å². The molecule has 0 amide bonds. The van der Waals surface area contributed by atoms with Crippen LogP contribution in [0.1, 0.15) is 38.7 Å². The van der Waals surface area contributed by atoms with Gasteiger partial charge in [-0.15, -0.1) is 0 Å². The molecule has 1 rings (SSSR count). The number of carbonyl (C=O) groups excluding carboxylic acids is 1. The maximum absolute atomic E-state index is 12.3. The SMILES string of the molecule is CCCCC(CS(=O)(=O)c1ccc(C)cc1)C(C)=O. The Bertz CT molecular complexity index is 515. The quantitative estimate of drug-likeness (QED) is 0.772. The van der Waals surface area contributed by atoms with Crippen LogP contribution >= 0.6 is 0 Å². The van der Waals surface area contributed by atoms with E-state index in [1.165, 1.54) is 6.92 Å². The monoisotopic (exact) mass is 282 g/mol. The van der Waals surface area contributed by atoms with Crippen molar-refractivity contribution in [2.24, 2.45) is 5.92 Å². The zero-order valence-corrected chi connectivity index (χ0v) is 12.7. The third kappa shape index (κ3) is 4.78. The van der Waals surface area contributed by atoms with Gasteiger partial charge in [-0.05, 0) is 32.4 Å². The fourth-order valence-corrected chi connectivity index (χ4v) is 3.64. The fraction of sp³-hybridized carbons (Fsp3) is 0.533. The molecular weight excluding hydrogens is 260 g/mol. The van der Waals surface area contributed by atoms with Crippen molar-refractivity contribution >= 4 is 15.6 Å². The molecule has 0 saturated carbocycles. The van der Waals surface area contributed by atoms with Crippen LogP contribution in [0.2, 0.25) is 0 Å². The van der Waals surface area contributed by atoms with E-state index in [1.807, 2.05) is 13.8 Å². The maximum atomic E-state index is 12.3. The summed E-state index contributed by atoms with van der Waals surface area (Å²) in [5.74, 6) is -0.499. The Morgan fingerprint density at radius 3 is 2.26 bits per heavy atom. The number of benzene rings is 1. The summed E-state index contributed by atoms with van der Waals surface area (Å²) in [6, 6.07) is 6.78. The van der Waals surface area contributed by atoms with Crippen LogP contribution in [-0.4, -0.2) is 20.0 Å². The van der Waals surface area contributed by atoms with Crippen LogP contribution < -0.4 is 0 Å². The third-order valence-corrected chi connectivity index (χ3v) is 5.11. The van der Waals surface area contributed by atoms with Gasteiger partial charge in [0.05, 0.1) is 10.6 Å². The Morgan fingerprint density at radius 1 is 1.21 bits per heavy atom. The molecule has 106 valence electrons. The number of rotatable bonds is 7. The molecule has 0 radical (unpaired) electrons. The highest BCUT2D eigenvalue weighted by Gasteiger charge is 2.23. The van der Waals surface area contributed by atoms with Crippen molar-refractivity contribution in [1.82, 2.24) is 0 Å². The molecule has 0 bridgehead atoms. The number of ketones is 1. The number of carbonyl (C=O) groups is 1. The lowest BCUT2D eigenvalue weighted by molar-refractivity contribution is -0.120. The van der Waals surface area contributed by atoms with E-state index < -0.39 is 9.84 Å². The molecule has 3 nitrogen and oxygen atoms in total. The van der Waals surface area contributed by atoms with Crippen LogP contribution in [-0.2, 0) is 14.6 Å². The van der Waals surface area contributed by atoms with E-state index in [4.69, 9.17) is 0 Å². The second kappa shape index (κ2) is 6.85. The minimum absolute atomic E-state index is 0.0378. The summed E-state index contributed by atoms with van der Waals surface area (Å²) >= 11 is 0. The summed E-state index contributed by atoms with van der Waals surface area (Å²) in [5, 5.41) is 0. The topological polar surface area (TPSA) is 51.2 Å². The number of hydrogen-bond acceptors (Lipinski definition) is 3. The smallest absolute Gasteiger partial charge is 0.179 e. The molecule has 0 fully saturated rings. The highest BCUT2D eigenvalue weighted by atomic mass is 32.2. The van der Waals surface area contributed by atoms with Gasteiger partial charge in [0.1, 0.15) is 5.78 Å². The van der Waals surface area contributed by atoms with Crippen LogP contribution in [0.3, 0.4) is 0 Å². The van der Waals surface area contributed by atoms with Crippen LogP contribution in [0.25, 0.3) is 0 Å². The lowest BCUT2D eigenvalue weighted by Crippen LogP contribution is -2.22. The summed E-state index contributed by atoms with van der Waals surface area (Å²) in [6.45, 7) is 5.42. The lowest BCUT2D eigenvalue weighted by Gasteiger charge is -2.13. The molecular formula is C15H22O3S. The van der Waals surface area contributed by atoms with Crippen LogP contribution in [0.5, 0.6) is 0 Å². The highest BCUT2D eigenvalue weighted by molar-refractivity contribution is 7.91. The Labute approximate surface area is 116 Å². The summed E-state index contributed by atoms with van der Waals surface area (Å²) in [7, 11) is -3.37. The molecule has 0 aliphatic carbocycles. The molecule has 1 aromatic rings. The van der Waals surface area contributed by atoms with E-state index >= 15 is 0 Å². The number of sulfone groups is 1. The van der Waals surface area contributed by atoms with E-state index in [0.717, 1.165) is 18.4 Å². The van der Waals surface area contributed by atoms with Gasteiger partial charge < -0.3 is 0 Å². The molecule has 0 aliphatic heterocycles. The van der Waals surface area contributed by atoms with Gasteiger partial charge in [-0.2, -0.15) is 0 Å². The molecule has 19 heavy (non-hydrogen) atoms. The predicted molar refractivity (Wildman–Crippen MR) is 76.9 cm³/mol. The van der Waals surface area contributed by atoms with Gasteiger partial charge in [-0.25, -0.2) is 8.42 Å². The first-order chi connectivity index (χ1) is 8.86. The van der Waals surface area contributed by atoms with E-state index in [0.29, 0.717) is 11.3 Å². The minimum atomic E-state index is -3.37. The average Bonchev–Trinajstić information content (AvgIpc) is 2.34. The largest absolute Gasteiger partial charge is 0.300 e. The summed E-state index contributed by atoms with van der Waals surface area (Å²) in [6.07, 6.45) is 2.50. The Balaban J connectivity index is 2.87. The number of Topliss-reactive ketones (excluding diaryl/α,β-unsaturated/α-hetero) is 1. The Hall–Kier alpha value is -1.16. The predicted octanol–water partition coefficient (Wildman–Crippen LogP) is 3.16. The van der Waals surface area contributed by atoms with Crippen molar-refractivity contribution in [3.05, 3.63) is 29.8 Å². The average molecular weight is 282 g/mol.